The number of carbonyl (C=O) groups is 1. The number of aromatic nitrogens is 2. The molecule has 1 aliphatic heterocycles. The lowest BCUT2D eigenvalue weighted by molar-refractivity contribution is -0.141. The Balaban J connectivity index is 2.37. The van der Waals surface area contributed by atoms with Crippen LogP contribution in [0.3, 0.4) is 0 Å². The molecule has 0 radical (unpaired) electrons. The van der Waals surface area contributed by atoms with Gasteiger partial charge in [-0.2, -0.15) is 5.10 Å². The van der Waals surface area contributed by atoms with Crippen molar-refractivity contribution in [2.24, 2.45) is 0 Å². The summed E-state index contributed by atoms with van der Waals surface area (Å²) < 4.78 is 1.62. The number of carboxylic acid groups (broad SMARTS) is 1. The highest BCUT2D eigenvalue weighted by atomic mass is 16.4. The van der Waals surface area contributed by atoms with E-state index in [1.54, 1.807) is 10.9 Å². The van der Waals surface area contributed by atoms with E-state index in [4.69, 9.17) is 5.11 Å². The molecule has 0 spiro atoms. The predicted octanol–water partition coefficient (Wildman–Crippen LogP) is 0.845. The van der Waals surface area contributed by atoms with Gasteiger partial charge in [-0.05, 0) is 25.3 Å². The van der Waals surface area contributed by atoms with Crippen molar-refractivity contribution in [3.05, 3.63) is 18.0 Å². The molecule has 1 aromatic heterocycles. The summed E-state index contributed by atoms with van der Waals surface area (Å²) >= 11 is 0. The van der Waals surface area contributed by atoms with Crippen LogP contribution in [-0.2, 0) is 11.2 Å². The van der Waals surface area contributed by atoms with Crippen LogP contribution in [0, 0.1) is 0 Å². The highest BCUT2D eigenvalue weighted by Gasteiger charge is 2.25. The van der Waals surface area contributed by atoms with E-state index in [9.17, 15) is 4.79 Å². The highest BCUT2D eigenvalue weighted by molar-refractivity contribution is 5.72. The number of aliphatic carboxylic acids is 1. The molecule has 4 nitrogen and oxygen atoms in total. The summed E-state index contributed by atoms with van der Waals surface area (Å²) in [6, 6.07) is 1.44. The molecule has 1 aliphatic rings. The van der Waals surface area contributed by atoms with Gasteiger partial charge in [-0.1, -0.05) is 0 Å². The quantitative estimate of drug-likeness (QED) is 0.672. The van der Waals surface area contributed by atoms with Crippen LogP contribution in [0.2, 0.25) is 0 Å². The Morgan fingerprint density at radius 2 is 2.58 bits per heavy atom. The normalized spacial score (nSPS) is 21.8. The van der Waals surface area contributed by atoms with Gasteiger partial charge in [0.2, 0.25) is 0 Å². The Labute approximate surface area is 69.8 Å². The van der Waals surface area contributed by atoms with Crippen molar-refractivity contribution in [2.75, 3.05) is 0 Å². The Morgan fingerprint density at radius 1 is 1.75 bits per heavy atom. The molecule has 0 aliphatic carbocycles. The standard InChI is InChI=1S/C8H10N2O2/c11-8(12)7-3-1-2-6-4-5-9-10(6)7/h4-5,7H,1-3H2,(H,11,12). The minimum Gasteiger partial charge on any atom is -0.480 e. The van der Waals surface area contributed by atoms with E-state index in [1.165, 1.54) is 0 Å². The lowest BCUT2D eigenvalue weighted by Crippen LogP contribution is -2.25. The average molecular weight is 166 g/mol. The first-order chi connectivity index (χ1) is 5.79. The maximum absolute atomic E-state index is 10.8. The summed E-state index contributed by atoms with van der Waals surface area (Å²) in [6.45, 7) is 0. The zero-order chi connectivity index (χ0) is 8.55. The molecule has 0 saturated heterocycles. The number of hydrogen-bond donors (Lipinski definition) is 1. The summed E-state index contributed by atoms with van der Waals surface area (Å²) in [7, 11) is 0. The second kappa shape index (κ2) is 2.62. The topological polar surface area (TPSA) is 55.1 Å². The first-order valence-corrected chi connectivity index (χ1v) is 4.04. The van der Waals surface area contributed by atoms with Gasteiger partial charge in [0.05, 0.1) is 0 Å². The fourth-order valence-electron chi connectivity index (χ4n) is 1.65. The molecule has 64 valence electrons. The summed E-state index contributed by atoms with van der Waals surface area (Å²) in [5.74, 6) is -0.778. The smallest absolute Gasteiger partial charge is 0.328 e. The van der Waals surface area contributed by atoms with Crippen molar-refractivity contribution in [1.82, 2.24) is 9.78 Å². The first-order valence-electron chi connectivity index (χ1n) is 4.04. The van der Waals surface area contributed by atoms with Crippen LogP contribution in [0.15, 0.2) is 12.3 Å². The molecular weight excluding hydrogens is 156 g/mol. The van der Waals surface area contributed by atoms with Crippen LogP contribution < -0.4 is 0 Å². The lowest BCUT2D eigenvalue weighted by Gasteiger charge is -2.20. The Hall–Kier alpha value is -1.32. The Morgan fingerprint density at radius 3 is 3.33 bits per heavy atom. The lowest BCUT2D eigenvalue weighted by atomic mass is 10.0. The van der Waals surface area contributed by atoms with Gasteiger partial charge in [0.15, 0.2) is 0 Å². The van der Waals surface area contributed by atoms with E-state index in [-0.39, 0.29) is 0 Å². The molecule has 0 bridgehead atoms. The molecule has 1 aromatic rings. The zero-order valence-corrected chi connectivity index (χ0v) is 6.60. The summed E-state index contributed by atoms with van der Waals surface area (Å²) in [5.41, 5.74) is 1.04. The van der Waals surface area contributed by atoms with Crippen molar-refractivity contribution in [3.8, 4) is 0 Å². The second-order valence-electron chi connectivity index (χ2n) is 3.01. The number of nitrogens with zero attached hydrogens (tertiary/aromatic N) is 2. The van der Waals surface area contributed by atoms with E-state index in [0.717, 1.165) is 18.5 Å². The average Bonchev–Trinajstić information content (AvgIpc) is 2.49. The van der Waals surface area contributed by atoms with E-state index in [0.29, 0.717) is 6.42 Å². The van der Waals surface area contributed by atoms with Crippen molar-refractivity contribution >= 4 is 5.97 Å². The minimum absolute atomic E-state index is 0.441. The monoisotopic (exact) mass is 166 g/mol. The predicted molar refractivity (Wildman–Crippen MR) is 41.8 cm³/mol. The van der Waals surface area contributed by atoms with E-state index < -0.39 is 12.0 Å². The summed E-state index contributed by atoms with van der Waals surface area (Å²) in [6.07, 6.45) is 4.26. The maximum Gasteiger partial charge on any atom is 0.328 e. The number of aryl methyl sites for hydroxylation is 1. The van der Waals surface area contributed by atoms with Crippen LogP contribution >= 0.6 is 0 Å². The Bertz CT molecular complexity index is 306. The van der Waals surface area contributed by atoms with Crippen LogP contribution in [0.1, 0.15) is 24.6 Å². The Kier molecular flexibility index (Phi) is 1.60. The van der Waals surface area contributed by atoms with Crippen molar-refractivity contribution in [1.29, 1.82) is 0 Å². The number of fused-ring (bicyclic) bond motifs is 1. The van der Waals surface area contributed by atoms with Crippen LogP contribution in [0.4, 0.5) is 0 Å². The third kappa shape index (κ3) is 0.995. The van der Waals surface area contributed by atoms with Crippen LogP contribution in [-0.4, -0.2) is 20.9 Å². The van der Waals surface area contributed by atoms with E-state index in [2.05, 4.69) is 5.10 Å². The van der Waals surface area contributed by atoms with Crippen molar-refractivity contribution in [2.45, 2.75) is 25.3 Å². The third-order valence-corrected chi connectivity index (χ3v) is 2.24. The molecule has 2 rings (SSSR count). The molecule has 0 saturated carbocycles. The first kappa shape index (κ1) is 7.34. The molecule has 0 amide bonds. The molecule has 1 atom stereocenters. The van der Waals surface area contributed by atoms with Gasteiger partial charge in [-0.25, -0.2) is 4.79 Å². The van der Waals surface area contributed by atoms with Gasteiger partial charge in [0, 0.05) is 11.9 Å². The summed E-state index contributed by atoms with van der Waals surface area (Å²) in [4.78, 5) is 10.8. The van der Waals surface area contributed by atoms with Crippen molar-refractivity contribution < 1.29 is 9.90 Å². The van der Waals surface area contributed by atoms with Gasteiger partial charge in [-0.3, -0.25) is 4.68 Å². The largest absolute Gasteiger partial charge is 0.480 e. The molecular formula is C8H10N2O2. The molecule has 0 aromatic carbocycles. The molecule has 4 heteroatoms. The van der Waals surface area contributed by atoms with Gasteiger partial charge in [-0.15, -0.1) is 0 Å². The van der Waals surface area contributed by atoms with E-state index in [1.807, 2.05) is 6.07 Å². The number of carboxylic acids is 1. The SMILES string of the molecule is O=C(O)C1CCCc2ccnn21. The molecule has 1 N–H and O–H groups in total. The number of hydrogen-bond acceptors (Lipinski definition) is 2. The summed E-state index contributed by atoms with van der Waals surface area (Å²) in [5, 5.41) is 12.8. The molecule has 12 heavy (non-hydrogen) atoms. The molecule has 0 fully saturated rings. The maximum atomic E-state index is 10.8. The number of rotatable bonds is 1. The fraction of sp³-hybridized carbons (Fsp3) is 0.500. The van der Waals surface area contributed by atoms with Crippen LogP contribution in [0.5, 0.6) is 0 Å². The van der Waals surface area contributed by atoms with Gasteiger partial charge < -0.3 is 5.11 Å². The van der Waals surface area contributed by atoms with Gasteiger partial charge >= 0.3 is 5.97 Å². The second-order valence-corrected chi connectivity index (χ2v) is 3.01. The van der Waals surface area contributed by atoms with Crippen LogP contribution in [0.25, 0.3) is 0 Å². The zero-order valence-electron chi connectivity index (χ0n) is 6.60. The van der Waals surface area contributed by atoms with Gasteiger partial charge in [0.1, 0.15) is 6.04 Å². The fourth-order valence-corrected chi connectivity index (χ4v) is 1.65. The minimum atomic E-state index is -0.778. The molecule has 1 unspecified atom stereocenters. The molecule has 2 heterocycles. The van der Waals surface area contributed by atoms with E-state index >= 15 is 0 Å². The third-order valence-electron chi connectivity index (χ3n) is 2.24. The van der Waals surface area contributed by atoms with Crippen molar-refractivity contribution in [3.63, 3.8) is 0 Å². The highest BCUT2D eigenvalue weighted by Crippen LogP contribution is 2.23. The van der Waals surface area contributed by atoms with Gasteiger partial charge in [0.25, 0.3) is 0 Å².